The molecular formula is C12H9IN2O4. The molecule has 0 radical (unpaired) electrons. The van der Waals surface area contributed by atoms with E-state index in [1.807, 2.05) is 12.1 Å². The quantitative estimate of drug-likeness (QED) is 0.467. The number of nitro groups is 1. The van der Waals surface area contributed by atoms with Crippen molar-refractivity contribution in [2.45, 2.75) is 0 Å². The van der Waals surface area contributed by atoms with E-state index < -0.39 is 4.92 Å². The first kappa shape index (κ1) is 13.5. The Morgan fingerprint density at radius 2 is 1.89 bits per heavy atom. The van der Waals surface area contributed by atoms with Crippen LogP contribution in [-0.4, -0.2) is 17.0 Å². The highest BCUT2D eigenvalue weighted by atomic mass is 127. The van der Waals surface area contributed by atoms with Crippen LogP contribution in [0.1, 0.15) is 0 Å². The average molecular weight is 372 g/mol. The normalized spacial score (nSPS) is 10.0. The number of pyridine rings is 1. The Hall–Kier alpha value is -1.90. The van der Waals surface area contributed by atoms with Crippen molar-refractivity contribution in [2.24, 2.45) is 0 Å². The van der Waals surface area contributed by atoms with E-state index in [4.69, 9.17) is 9.47 Å². The predicted octanol–water partition coefficient (Wildman–Crippen LogP) is 3.40. The zero-order valence-corrected chi connectivity index (χ0v) is 12.0. The molecule has 2 rings (SSSR count). The maximum atomic E-state index is 10.9. The van der Waals surface area contributed by atoms with Crippen molar-refractivity contribution in [3.05, 3.63) is 50.1 Å². The van der Waals surface area contributed by atoms with Crippen LogP contribution >= 0.6 is 22.6 Å². The van der Waals surface area contributed by atoms with Gasteiger partial charge in [-0.05, 0) is 46.9 Å². The van der Waals surface area contributed by atoms with Crippen molar-refractivity contribution in [3.8, 4) is 17.5 Å². The molecule has 0 fully saturated rings. The van der Waals surface area contributed by atoms with Crippen LogP contribution in [0.2, 0.25) is 0 Å². The van der Waals surface area contributed by atoms with Crippen LogP contribution in [0.5, 0.6) is 17.5 Å². The zero-order chi connectivity index (χ0) is 13.8. The molecule has 0 unspecified atom stereocenters. The number of aromatic nitrogens is 1. The summed E-state index contributed by atoms with van der Waals surface area (Å²) in [5.74, 6) is 0.640. The number of halogens is 1. The van der Waals surface area contributed by atoms with Crippen LogP contribution in [-0.2, 0) is 0 Å². The highest BCUT2D eigenvalue weighted by Gasteiger charge is 2.18. The maximum absolute atomic E-state index is 10.9. The molecule has 1 aromatic heterocycles. The SMILES string of the molecule is COc1ccc([N+](=O)[O-])c(Oc2ccc(I)cc2)n1. The van der Waals surface area contributed by atoms with Crippen LogP contribution in [0, 0.1) is 13.7 Å². The minimum atomic E-state index is -0.547. The summed E-state index contributed by atoms with van der Waals surface area (Å²) in [5.41, 5.74) is -0.209. The second-order valence-electron chi connectivity index (χ2n) is 3.49. The van der Waals surface area contributed by atoms with Gasteiger partial charge in [-0.3, -0.25) is 10.1 Å². The van der Waals surface area contributed by atoms with Crippen molar-refractivity contribution in [1.29, 1.82) is 0 Å². The Balaban J connectivity index is 2.36. The molecule has 0 aliphatic heterocycles. The fraction of sp³-hybridized carbons (Fsp3) is 0.0833. The molecule has 0 N–H and O–H groups in total. The summed E-state index contributed by atoms with van der Waals surface area (Å²) in [6.45, 7) is 0. The first-order valence-electron chi connectivity index (χ1n) is 5.23. The lowest BCUT2D eigenvalue weighted by Gasteiger charge is -2.06. The first-order valence-corrected chi connectivity index (χ1v) is 6.31. The monoisotopic (exact) mass is 372 g/mol. The minimum absolute atomic E-state index is 0.0921. The number of methoxy groups -OCH3 is 1. The molecular weight excluding hydrogens is 363 g/mol. The van der Waals surface area contributed by atoms with Gasteiger partial charge in [-0.25, -0.2) is 0 Å². The number of hydrogen-bond donors (Lipinski definition) is 0. The standard InChI is InChI=1S/C12H9IN2O4/c1-18-11-7-6-10(15(16)17)12(14-11)19-9-4-2-8(13)3-5-9/h2-7H,1H3. The fourth-order valence-corrected chi connectivity index (χ4v) is 1.72. The van der Waals surface area contributed by atoms with Crippen LogP contribution in [0.15, 0.2) is 36.4 Å². The van der Waals surface area contributed by atoms with E-state index in [-0.39, 0.29) is 17.4 Å². The van der Waals surface area contributed by atoms with Gasteiger partial charge in [-0.1, -0.05) is 0 Å². The number of ether oxygens (including phenoxy) is 2. The van der Waals surface area contributed by atoms with Crippen LogP contribution < -0.4 is 9.47 Å². The number of hydrogen-bond acceptors (Lipinski definition) is 5. The Morgan fingerprint density at radius 1 is 1.21 bits per heavy atom. The van der Waals surface area contributed by atoms with Crippen LogP contribution in [0.4, 0.5) is 5.69 Å². The Labute approximate surface area is 122 Å². The van der Waals surface area contributed by atoms with Gasteiger partial charge in [0.2, 0.25) is 5.88 Å². The van der Waals surface area contributed by atoms with E-state index in [0.29, 0.717) is 5.75 Å². The minimum Gasteiger partial charge on any atom is -0.481 e. The molecule has 2 aromatic rings. The van der Waals surface area contributed by atoms with Crippen molar-refractivity contribution >= 4 is 28.3 Å². The highest BCUT2D eigenvalue weighted by molar-refractivity contribution is 14.1. The third-order valence-electron chi connectivity index (χ3n) is 2.25. The van der Waals surface area contributed by atoms with E-state index >= 15 is 0 Å². The van der Waals surface area contributed by atoms with Gasteiger partial charge >= 0.3 is 11.6 Å². The number of rotatable bonds is 4. The second-order valence-corrected chi connectivity index (χ2v) is 4.74. The Kier molecular flexibility index (Phi) is 4.15. The van der Waals surface area contributed by atoms with Crippen LogP contribution in [0.25, 0.3) is 0 Å². The molecule has 0 saturated heterocycles. The second kappa shape index (κ2) is 5.83. The van der Waals surface area contributed by atoms with E-state index in [9.17, 15) is 10.1 Å². The van der Waals surface area contributed by atoms with Crippen LogP contribution in [0.3, 0.4) is 0 Å². The summed E-state index contributed by atoms with van der Waals surface area (Å²) in [6.07, 6.45) is 0. The van der Waals surface area contributed by atoms with Gasteiger partial charge in [0.25, 0.3) is 0 Å². The molecule has 0 aliphatic rings. The number of nitrogens with zero attached hydrogens (tertiary/aromatic N) is 2. The third-order valence-corrected chi connectivity index (χ3v) is 2.97. The van der Waals surface area contributed by atoms with Crippen molar-refractivity contribution in [2.75, 3.05) is 7.11 Å². The number of benzene rings is 1. The Bertz CT molecular complexity index is 601. The van der Waals surface area contributed by atoms with E-state index in [2.05, 4.69) is 27.6 Å². The molecule has 0 spiro atoms. The molecule has 0 amide bonds. The lowest BCUT2D eigenvalue weighted by molar-refractivity contribution is -0.386. The lowest BCUT2D eigenvalue weighted by Crippen LogP contribution is -1.97. The van der Waals surface area contributed by atoms with Crippen molar-refractivity contribution in [3.63, 3.8) is 0 Å². The third kappa shape index (κ3) is 3.31. The van der Waals surface area contributed by atoms with Gasteiger partial charge in [-0.15, -0.1) is 0 Å². The fourth-order valence-electron chi connectivity index (χ4n) is 1.36. The summed E-state index contributed by atoms with van der Waals surface area (Å²) in [7, 11) is 1.43. The molecule has 0 bridgehead atoms. The van der Waals surface area contributed by atoms with Gasteiger partial charge in [0.05, 0.1) is 12.0 Å². The summed E-state index contributed by atoms with van der Waals surface area (Å²) < 4.78 is 11.4. The van der Waals surface area contributed by atoms with Gasteiger partial charge in [-0.2, -0.15) is 4.98 Å². The molecule has 19 heavy (non-hydrogen) atoms. The van der Waals surface area contributed by atoms with Crippen molar-refractivity contribution < 1.29 is 14.4 Å². The molecule has 0 aliphatic carbocycles. The topological polar surface area (TPSA) is 74.5 Å². The molecule has 7 heteroatoms. The van der Waals surface area contributed by atoms with Gasteiger partial charge in [0.15, 0.2) is 0 Å². The maximum Gasteiger partial charge on any atom is 0.331 e. The molecule has 98 valence electrons. The largest absolute Gasteiger partial charge is 0.481 e. The average Bonchev–Trinajstić information content (AvgIpc) is 2.41. The predicted molar refractivity (Wildman–Crippen MR) is 76.7 cm³/mol. The Morgan fingerprint density at radius 3 is 2.47 bits per heavy atom. The smallest absolute Gasteiger partial charge is 0.331 e. The molecule has 0 saturated carbocycles. The molecule has 6 nitrogen and oxygen atoms in total. The molecule has 1 heterocycles. The van der Waals surface area contributed by atoms with E-state index in [1.54, 1.807) is 12.1 Å². The lowest BCUT2D eigenvalue weighted by atomic mass is 10.3. The van der Waals surface area contributed by atoms with E-state index in [0.717, 1.165) is 3.57 Å². The summed E-state index contributed by atoms with van der Waals surface area (Å²) >= 11 is 2.16. The summed E-state index contributed by atoms with van der Waals surface area (Å²) in [4.78, 5) is 14.3. The molecule has 1 aromatic carbocycles. The van der Waals surface area contributed by atoms with E-state index in [1.165, 1.54) is 19.2 Å². The zero-order valence-electron chi connectivity index (χ0n) is 9.87. The van der Waals surface area contributed by atoms with Gasteiger partial charge in [0.1, 0.15) is 5.75 Å². The van der Waals surface area contributed by atoms with Gasteiger partial charge < -0.3 is 9.47 Å². The highest BCUT2D eigenvalue weighted by Crippen LogP contribution is 2.31. The van der Waals surface area contributed by atoms with Gasteiger partial charge in [0, 0.05) is 15.7 Å². The first-order chi connectivity index (χ1) is 9.10. The summed E-state index contributed by atoms with van der Waals surface area (Å²) in [5, 5.41) is 10.9. The molecule has 0 atom stereocenters. The van der Waals surface area contributed by atoms with Crippen molar-refractivity contribution in [1.82, 2.24) is 4.98 Å². The summed E-state index contributed by atoms with van der Waals surface area (Å²) in [6, 6.07) is 9.82.